The summed E-state index contributed by atoms with van der Waals surface area (Å²) in [4.78, 5) is 11.9. The maximum atomic E-state index is 11.9. The van der Waals surface area contributed by atoms with Gasteiger partial charge in [-0.15, -0.1) is 10.2 Å². The van der Waals surface area contributed by atoms with Crippen LogP contribution in [0.5, 0.6) is 0 Å². The lowest BCUT2D eigenvalue weighted by molar-refractivity contribution is -0.111. The molecule has 0 fully saturated rings. The van der Waals surface area contributed by atoms with Gasteiger partial charge in [0.15, 0.2) is 4.34 Å². The van der Waals surface area contributed by atoms with Gasteiger partial charge in [-0.25, -0.2) is 0 Å². The van der Waals surface area contributed by atoms with E-state index >= 15 is 0 Å². The molecule has 2 aromatic carbocycles. The number of thioether (sulfide) groups is 1. The van der Waals surface area contributed by atoms with Crippen LogP contribution in [0.25, 0.3) is 6.08 Å². The van der Waals surface area contributed by atoms with E-state index < -0.39 is 0 Å². The Hall–Kier alpha value is -2.44. The van der Waals surface area contributed by atoms with Crippen molar-refractivity contribution in [3.8, 4) is 0 Å². The number of hydrogen-bond donors (Lipinski definition) is 1. The van der Waals surface area contributed by atoms with Gasteiger partial charge >= 0.3 is 0 Å². The summed E-state index contributed by atoms with van der Waals surface area (Å²) in [5.41, 5.74) is 2.33. The lowest BCUT2D eigenvalue weighted by Gasteiger charge is -1.99. The number of nitrogens with zero attached hydrogens (tertiary/aromatic N) is 2. The molecule has 0 saturated heterocycles. The van der Waals surface area contributed by atoms with Crippen molar-refractivity contribution < 1.29 is 4.79 Å². The van der Waals surface area contributed by atoms with Crippen molar-refractivity contribution in [2.24, 2.45) is 0 Å². The normalized spacial score (nSPS) is 10.9. The fourth-order valence-electron chi connectivity index (χ4n) is 2.28. The maximum Gasteiger partial charge on any atom is 0.250 e. The SMILES string of the molecule is O=C(/C=C/c1ccccc1)Nc1nnc(SCCCc2ccccc2)s1. The highest BCUT2D eigenvalue weighted by Gasteiger charge is 2.06. The zero-order chi connectivity index (χ0) is 18.0. The predicted molar refractivity (Wildman–Crippen MR) is 110 cm³/mol. The van der Waals surface area contributed by atoms with Crippen molar-refractivity contribution in [3.05, 3.63) is 77.9 Å². The average molecular weight is 382 g/mol. The van der Waals surface area contributed by atoms with E-state index in [1.54, 1.807) is 17.8 Å². The molecule has 6 heteroatoms. The van der Waals surface area contributed by atoms with Crippen LogP contribution < -0.4 is 5.32 Å². The Morgan fingerprint density at radius 2 is 1.77 bits per heavy atom. The molecular formula is C20H19N3OS2. The summed E-state index contributed by atoms with van der Waals surface area (Å²) in [5, 5.41) is 11.4. The minimum Gasteiger partial charge on any atom is -0.297 e. The van der Waals surface area contributed by atoms with E-state index in [1.807, 2.05) is 36.4 Å². The van der Waals surface area contributed by atoms with Crippen LogP contribution in [-0.4, -0.2) is 21.9 Å². The van der Waals surface area contributed by atoms with Gasteiger partial charge in [-0.2, -0.15) is 0 Å². The molecule has 3 rings (SSSR count). The molecule has 26 heavy (non-hydrogen) atoms. The van der Waals surface area contributed by atoms with Crippen molar-refractivity contribution in [1.82, 2.24) is 10.2 Å². The van der Waals surface area contributed by atoms with Crippen LogP contribution in [0.3, 0.4) is 0 Å². The smallest absolute Gasteiger partial charge is 0.250 e. The Labute approximate surface area is 161 Å². The van der Waals surface area contributed by atoms with Gasteiger partial charge in [-0.05, 0) is 30.0 Å². The molecule has 0 aliphatic rings. The first-order chi connectivity index (χ1) is 12.8. The lowest BCUT2D eigenvalue weighted by atomic mass is 10.1. The van der Waals surface area contributed by atoms with E-state index in [0.717, 1.165) is 28.5 Å². The second-order valence-corrected chi connectivity index (χ2v) is 7.86. The molecule has 0 unspecified atom stereocenters. The zero-order valence-electron chi connectivity index (χ0n) is 14.2. The van der Waals surface area contributed by atoms with Crippen molar-refractivity contribution in [2.75, 3.05) is 11.1 Å². The Bertz CT molecular complexity index is 848. The number of rotatable bonds is 8. The van der Waals surface area contributed by atoms with Crippen LogP contribution in [-0.2, 0) is 11.2 Å². The molecule has 1 aromatic heterocycles. The highest BCUT2D eigenvalue weighted by Crippen LogP contribution is 2.26. The number of carbonyl (C=O) groups is 1. The van der Waals surface area contributed by atoms with E-state index in [9.17, 15) is 4.79 Å². The Morgan fingerprint density at radius 3 is 2.54 bits per heavy atom. The van der Waals surface area contributed by atoms with E-state index in [0.29, 0.717) is 5.13 Å². The number of aromatic nitrogens is 2. The number of benzene rings is 2. The van der Waals surface area contributed by atoms with Crippen LogP contribution in [0.4, 0.5) is 5.13 Å². The van der Waals surface area contributed by atoms with E-state index in [-0.39, 0.29) is 5.91 Å². The molecule has 0 atom stereocenters. The molecule has 0 aliphatic carbocycles. The van der Waals surface area contributed by atoms with Crippen molar-refractivity contribution in [2.45, 2.75) is 17.2 Å². The second-order valence-electron chi connectivity index (χ2n) is 5.54. The van der Waals surface area contributed by atoms with Gasteiger partial charge in [0.2, 0.25) is 11.0 Å². The monoisotopic (exact) mass is 381 g/mol. The summed E-state index contributed by atoms with van der Waals surface area (Å²) in [6.07, 6.45) is 5.41. The van der Waals surface area contributed by atoms with Gasteiger partial charge in [-0.3, -0.25) is 10.1 Å². The number of carbonyl (C=O) groups excluding carboxylic acids is 1. The number of aryl methyl sites for hydroxylation is 1. The Morgan fingerprint density at radius 1 is 1.04 bits per heavy atom. The number of hydrogen-bond acceptors (Lipinski definition) is 5. The van der Waals surface area contributed by atoms with Crippen molar-refractivity contribution in [3.63, 3.8) is 0 Å². The van der Waals surface area contributed by atoms with Crippen LogP contribution in [0.2, 0.25) is 0 Å². The predicted octanol–water partition coefficient (Wildman–Crippen LogP) is 4.91. The second kappa shape index (κ2) is 9.89. The maximum absolute atomic E-state index is 11.9. The first kappa shape index (κ1) is 18.4. The number of anilines is 1. The summed E-state index contributed by atoms with van der Waals surface area (Å²) in [6, 6.07) is 20.1. The summed E-state index contributed by atoms with van der Waals surface area (Å²) < 4.78 is 0.875. The van der Waals surface area contributed by atoms with E-state index in [2.05, 4.69) is 39.8 Å². The first-order valence-electron chi connectivity index (χ1n) is 8.34. The standard InChI is InChI=1S/C20H19N3OS2/c24-18(14-13-17-10-5-2-6-11-17)21-19-22-23-20(26-19)25-15-7-12-16-8-3-1-4-9-16/h1-6,8-11,13-14H,7,12,15H2,(H,21,22,24)/b14-13+. The van der Waals surface area contributed by atoms with Gasteiger partial charge in [0.25, 0.3) is 0 Å². The number of amides is 1. The molecule has 0 radical (unpaired) electrons. The summed E-state index contributed by atoms with van der Waals surface area (Å²) >= 11 is 3.08. The first-order valence-corrected chi connectivity index (χ1v) is 10.1. The minimum absolute atomic E-state index is 0.203. The van der Waals surface area contributed by atoms with E-state index in [4.69, 9.17) is 0 Å². The molecule has 0 aliphatic heterocycles. The molecule has 1 amide bonds. The molecule has 132 valence electrons. The van der Waals surface area contributed by atoms with Crippen molar-refractivity contribution >= 4 is 40.2 Å². The molecule has 0 saturated carbocycles. The third-order valence-corrected chi connectivity index (χ3v) is 5.60. The molecule has 4 nitrogen and oxygen atoms in total. The van der Waals surface area contributed by atoms with Gasteiger partial charge in [-0.1, -0.05) is 83.8 Å². The molecular weight excluding hydrogens is 362 g/mol. The Balaban J connectivity index is 1.41. The third-order valence-electron chi connectivity index (χ3n) is 3.54. The van der Waals surface area contributed by atoms with E-state index in [1.165, 1.54) is 23.0 Å². The molecule has 0 spiro atoms. The lowest BCUT2D eigenvalue weighted by Crippen LogP contribution is -2.07. The van der Waals surface area contributed by atoms with Gasteiger partial charge in [0.05, 0.1) is 0 Å². The van der Waals surface area contributed by atoms with Crippen LogP contribution in [0.15, 0.2) is 71.1 Å². The zero-order valence-corrected chi connectivity index (χ0v) is 15.8. The highest BCUT2D eigenvalue weighted by atomic mass is 32.2. The summed E-state index contributed by atoms with van der Waals surface area (Å²) in [7, 11) is 0. The topological polar surface area (TPSA) is 54.9 Å². The molecule has 1 N–H and O–H groups in total. The fourth-order valence-corrected chi connectivity index (χ4v) is 4.05. The molecule has 0 bridgehead atoms. The third kappa shape index (κ3) is 6.13. The largest absolute Gasteiger partial charge is 0.297 e. The quantitative estimate of drug-likeness (QED) is 0.261. The van der Waals surface area contributed by atoms with Crippen LogP contribution in [0.1, 0.15) is 17.5 Å². The fraction of sp³-hybridized carbons (Fsp3) is 0.150. The summed E-state index contributed by atoms with van der Waals surface area (Å²) in [5.74, 6) is 0.774. The van der Waals surface area contributed by atoms with Gasteiger partial charge in [0, 0.05) is 11.8 Å². The minimum atomic E-state index is -0.203. The Kier molecular flexibility index (Phi) is 6.98. The highest BCUT2D eigenvalue weighted by molar-refractivity contribution is 8.01. The number of nitrogens with one attached hydrogen (secondary N) is 1. The van der Waals surface area contributed by atoms with Gasteiger partial charge in [0.1, 0.15) is 0 Å². The average Bonchev–Trinajstić information content (AvgIpc) is 3.12. The van der Waals surface area contributed by atoms with Crippen LogP contribution >= 0.6 is 23.1 Å². The van der Waals surface area contributed by atoms with Crippen molar-refractivity contribution in [1.29, 1.82) is 0 Å². The summed E-state index contributed by atoms with van der Waals surface area (Å²) in [6.45, 7) is 0. The molecule has 1 heterocycles. The van der Waals surface area contributed by atoms with Crippen LogP contribution in [0, 0.1) is 0 Å². The van der Waals surface area contributed by atoms with Gasteiger partial charge < -0.3 is 0 Å². The molecule has 3 aromatic rings.